The van der Waals surface area contributed by atoms with Crippen LogP contribution in [-0.2, 0) is 4.74 Å². The third kappa shape index (κ3) is 5.14. The van der Waals surface area contributed by atoms with Crippen molar-refractivity contribution >= 4 is 12.4 Å². The molecule has 0 saturated heterocycles. The number of carbonyl (C=O) groups is 1. The standard InChI is InChI=1S/C13H21N3O2/c1-13(2,3)18-12(17)16-9-11(8-15-10-16)6-4-5-7-14/h4,6,8,10H,5,7,9,14H2,1-3H3/b6-4+. The monoisotopic (exact) mass is 251 g/mol. The number of hydrogen-bond acceptors (Lipinski definition) is 4. The van der Waals surface area contributed by atoms with Gasteiger partial charge in [0, 0.05) is 6.20 Å². The average molecular weight is 251 g/mol. The molecule has 5 heteroatoms. The summed E-state index contributed by atoms with van der Waals surface area (Å²) in [6.45, 7) is 6.60. The van der Waals surface area contributed by atoms with Crippen LogP contribution >= 0.6 is 0 Å². The van der Waals surface area contributed by atoms with E-state index < -0.39 is 5.60 Å². The van der Waals surface area contributed by atoms with Gasteiger partial charge in [0.05, 0.1) is 6.54 Å². The molecule has 100 valence electrons. The van der Waals surface area contributed by atoms with Gasteiger partial charge in [-0.25, -0.2) is 9.79 Å². The third-order valence-corrected chi connectivity index (χ3v) is 2.09. The van der Waals surface area contributed by atoms with Crippen LogP contribution in [0.15, 0.2) is 28.9 Å². The zero-order chi connectivity index (χ0) is 13.6. The molecule has 18 heavy (non-hydrogen) atoms. The van der Waals surface area contributed by atoms with Crippen molar-refractivity contribution in [3.63, 3.8) is 0 Å². The van der Waals surface area contributed by atoms with Gasteiger partial charge in [-0.1, -0.05) is 12.2 Å². The predicted molar refractivity (Wildman–Crippen MR) is 72.3 cm³/mol. The fourth-order valence-corrected chi connectivity index (χ4v) is 1.35. The molecule has 1 amide bonds. The maximum atomic E-state index is 11.8. The highest BCUT2D eigenvalue weighted by Gasteiger charge is 2.22. The predicted octanol–water partition coefficient (Wildman–Crippen LogP) is 2.05. The zero-order valence-corrected chi connectivity index (χ0v) is 11.2. The molecule has 0 radical (unpaired) electrons. The van der Waals surface area contributed by atoms with E-state index in [1.54, 1.807) is 6.20 Å². The third-order valence-electron chi connectivity index (χ3n) is 2.09. The van der Waals surface area contributed by atoms with Crippen LogP contribution in [0, 0.1) is 0 Å². The molecule has 1 rings (SSSR count). The van der Waals surface area contributed by atoms with Crippen LogP contribution in [0.25, 0.3) is 0 Å². The molecule has 1 heterocycles. The molecule has 0 atom stereocenters. The highest BCUT2D eigenvalue weighted by Crippen LogP contribution is 2.12. The lowest BCUT2D eigenvalue weighted by Gasteiger charge is -2.26. The maximum absolute atomic E-state index is 11.8. The van der Waals surface area contributed by atoms with E-state index in [9.17, 15) is 4.79 Å². The Balaban J connectivity index is 2.55. The first-order valence-electron chi connectivity index (χ1n) is 6.01. The molecule has 0 spiro atoms. The summed E-state index contributed by atoms with van der Waals surface area (Å²) in [5, 5.41) is 0. The summed E-state index contributed by atoms with van der Waals surface area (Å²) in [6, 6.07) is 0. The largest absolute Gasteiger partial charge is 0.443 e. The Bertz CT molecular complexity index is 378. The minimum Gasteiger partial charge on any atom is -0.443 e. The Hall–Kier alpha value is -1.62. The van der Waals surface area contributed by atoms with Gasteiger partial charge in [-0.05, 0) is 39.3 Å². The van der Waals surface area contributed by atoms with Gasteiger partial charge in [-0.15, -0.1) is 0 Å². The van der Waals surface area contributed by atoms with E-state index in [1.807, 2.05) is 32.9 Å². The average Bonchev–Trinajstić information content (AvgIpc) is 2.27. The van der Waals surface area contributed by atoms with E-state index in [2.05, 4.69) is 4.99 Å². The Kier molecular flexibility index (Phi) is 5.09. The van der Waals surface area contributed by atoms with Crippen molar-refractivity contribution < 1.29 is 9.53 Å². The van der Waals surface area contributed by atoms with Crippen molar-refractivity contribution in [3.05, 3.63) is 23.9 Å². The number of amides is 1. The molecule has 0 unspecified atom stereocenters. The molecule has 0 aromatic heterocycles. The van der Waals surface area contributed by atoms with E-state index >= 15 is 0 Å². The fraction of sp³-hybridized carbons (Fsp3) is 0.538. The van der Waals surface area contributed by atoms with E-state index in [0.717, 1.165) is 12.0 Å². The molecule has 0 bridgehead atoms. The lowest BCUT2D eigenvalue weighted by molar-refractivity contribution is 0.0387. The van der Waals surface area contributed by atoms with Crippen molar-refractivity contribution in [1.29, 1.82) is 0 Å². The zero-order valence-electron chi connectivity index (χ0n) is 11.2. The van der Waals surface area contributed by atoms with Crippen molar-refractivity contribution in [1.82, 2.24) is 4.90 Å². The molecule has 0 aromatic carbocycles. The Labute approximate surface area is 108 Å². The van der Waals surface area contributed by atoms with Crippen molar-refractivity contribution in [3.8, 4) is 0 Å². The minimum absolute atomic E-state index is 0.385. The second kappa shape index (κ2) is 6.35. The summed E-state index contributed by atoms with van der Waals surface area (Å²) >= 11 is 0. The number of rotatable bonds is 3. The highest BCUT2D eigenvalue weighted by atomic mass is 16.6. The molecule has 1 aliphatic rings. The molecule has 1 aliphatic heterocycles. The molecule has 5 nitrogen and oxygen atoms in total. The number of aliphatic imine (C=N–C) groups is 1. The van der Waals surface area contributed by atoms with Crippen LogP contribution in [0.4, 0.5) is 4.79 Å². The first-order chi connectivity index (χ1) is 8.42. The molecular formula is C13H21N3O2. The van der Waals surface area contributed by atoms with Gasteiger partial charge < -0.3 is 10.5 Å². The summed E-state index contributed by atoms with van der Waals surface area (Å²) in [5.74, 6) is 0. The minimum atomic E-state index is -0.498. The molecular weight excluding hydrogens is 230 g/mol. The van der Waals surface area contributed by atoms with Gasteiger partial charge >= 0.3 is 6.09 Å². The van der Waals surface area contributed by atoms with Gasteiger partial charge in [0.1, 0.15) is 11.9 Å². The molecule has 0 aliphatic carbocycles. The van der Waals surface area contributed by atoms with Gasteiger partial charge in [-0.2, -0.15) is 0 Å². The summed E-state index contributed by atoms with van der Waals surface area (Å²) < 4.78 is 5.28. The Morgan fingerprint density at radius 1 is 1.61 bits per heavy atom. The lowest BCUT2D eigenvalue weighted by atomic mass is 10.2. The summed E-state index contributed by atoms with van der Waals surface area (Å²) in [4.78, 5) is 17.3. The van der Waals surface area contributed by atoms with Gasteiger partial charge in [0.2, 0.25) is 0 Å². The van der Waals surface area contributed by atoms with Crippen LogP contribution in [0.3, 0.4) is 0 Å². The summed E-state index contributed by atoms with van der Waals surface area (Å²) in [5.41, 5.74) is 5.86. The van der Waals surface area contributed by atoms with Crippen LogP contribution in [-0.4, -0.2) is 36.0 Å². The van der Waals surface area contributed by atoms with Crippen LogP contribution < -0.4 is 5.73 Å². The smallest absolute Gasteiger partial charge is 0.415 e. The number of nitrogens with two attached hydrogens (primary N) is 1. The van der Waals surface area contributed by atoms with Crippen molar-refractivity contribution in [2.45, 2.75) is 32.8 Å². The SMILES string of the molecule is CC(C)(C)OC(=O)N1C=NC=C(/C=C/CCN)C1. The van der Waals surface area contributed by atoms with Crippen molar-refractivity contribution in [2.24, 2.45) is 10.7 Å². The van der Waals surface area contributed by atoms with E-state index in [0.29, 0.717) is 13.1 Å². The van der Waals surface area contributed by atoms with Crippen LogP contribution in [0.2, 0.25) is 0 Å². The topological polar surface area (TPSA) is 67.9 Å². The summed E-state index contributed by atoms with van der Waals surface area (Å²) in [6.07, 6.45) is 7.54. The number of ether oxygens (including phenoxy) is 1. The van der Waals surface area contributed by atoms with Gasteiger partial charge in [0.25, 0.3) is 0 Å². The van der Waals surface area contributed by atoms with E-state index in [4.69, 9.17) is 10.5 Å². The van der Waals surface area contributed by atoms with Crippen LogP contribution in [0.1, 0.15) is 27.2 Å². The molecule has 0 saturated carbocycles. The lowest BCUT2D eigenvalue weighted by Crippen LogP contribution is -2.37. The second-order valence-electron chi connectivity index (χ2n) is 5.06. The fourth-order valence-electron chi connectivity index (χ4n) is 1.35. The van der Waals surface area contributed by atoms with Crippen LogP contribution in [0.5, 0.6) is 0 Å². The maximum Gasteiger partial charge on any atom is 0.415 e. The second-order valence-corrected chi connectivity index (χ2v) is 5.06. The number of hydrogen-bond donors (Lipinski definition) is 1. The van der Waals surface area contributed by atoms with Crippen molar-refractivity contribution in [2.75, 3.05) is 13.1 Å². The highest BCUT2D eigenvalue weighted by molar-refractivity contribution is 5.84. The molecule has 2 N–H and O–H groups in total. The Morgan fingerprint density at radius 3 is 2.94 bits per heavy atom. The number of nitrogens with zero attached hydrogens (tertiary/aromatic N) is 2. The first kappa shape index (κ1) is 14.4. The molecule has 0 fully saturated rings. The molecule has 0 aromatic rings. The van der Waals surface area contributed by atoms with Gasteiger partial charge in [0.15, 0.2) is 0 Å². The quantitative estimate of drug-likeness (QED) is 0.834. The van der Waals surface area contributed by atoms with Gasteiger partial charge in [-0.3, -0.25) is 4.90 Å². The first-order valence-corrected chi connectivity index (χ1v) is 6.01. The van der Waals surface area contributed by atoms with E-state index in [-0.39, 0.29) is 6.09 Å². The summed E-state index contributed by atoms with van der Waals surface area (Å²) in [7, 11) is 0. The Morgan fingerprint density at radius 2 is 2.33 bits per heavy atom. The van der Waals surface area contributed by atoms with E-state index in [1.165, 1.54) is 11.2 Å². The normalized spacial score (nSPS) is 16.0. The number of carbonyl (C=O) groups excluding carboxylic acids is 1.